The highest BCUT2D eigenvalue weighted by Gasteiger charge is 2.51. The average Bonchev–Trinajstić information content (AvgIpc) is 2.87. The number of anilines is 1. The van der Waals surface area contributed by atoms with Crippen molar-refractivity contribution in [3.63, 3.8) is 0 Å². The van der Waals surface area contributed by atoms with Gasteiger partial charge in [0.15, 0.2) is 5.82 Å². The highest BCUT2D eigenvalue weighted by Crippen LogP contribution is 2.36. The molecule has 8 nitrogen and oxygen atoms in total. The summed E-state index contributed by atoms with van der Waals surface area (Å²) in [5.41, 5.74) is 0.994. The van der Waals surface area contributed by atoms with Gasteiger partial charge < -0.3 is 9.64 Å². The van der Waals surface area contributed by atoms with Crippen LogP contribution in [-0.4, -0.2) is 74.0 Å². The first-order chi connectivity index (χ1) is 18.6. The van der Waals surface area contributed by atoms with Crippen LogP contribution in [0.3, 0.4) is 0 Å². The molecule has 2 saturated heterocycles. The van der Waals surface area contributed by atoms with Crippen molar-refractivity contribution in [1.82, 2.24) is 19.2 Å². The highest BCUT2D eigenvalue weighted by molar-refractivity contribution is 7.87. The van der Waals surface area contributed by atoms with Crippen LogP contribution in [0.1, 0.15) is 43.6 Å². The monoisotopic (exact) mass is 571 g/mol. The molecule has 3 fully saturated rings. The third-order valence-electron chi connectivity index (χ3n) is 8.11. The molecule has 5 rings (SSSR count). The van der Waals surface area contributed by atoms with Gasteiger partial charge in [-0.3, -0.25) is 0 Å². The molecule has 3 heterocycles. The molecule has 0 unspecified atom stereocenters. The zero-order valence-corrected chi connectivity index (χ0v) is 22.2. The smallest absolute Gasteiger partial charge is 0.378 e. The minimum Gasteiger partial charge on any atom is -0.378 e. The summed E-state index contributed by atoms with van der Waals surface area (Å²) >= 11 is 0. The number of nitrogens with zero attached hydrogens (tertiary/aromatic N) is 4. The number of benzene rings is 1. The molecule has 2 atom stereocenters. The molecule has 0 spiro atoms. The molecule has 0 radical (unpaired) electrons. The molecule has 214 valence electrons. The van der Waals surface area contributed by atoms with Crippen LogP contribution in [0.5, 0.6) is 0 Å². The molecule has 0 amide bonds. The van der Waals surface area contributed by atoms with Gasteiger partial charge in [-0.2, -0.15) is 35.7 Å². The van der Waals surface area contributed by atoms with Crippen LogP contribution in [0.2, 0.25) is 0 Å². The number of hydrogen-bond donors (Lipinski definition) is 1. The lowest BCUT2D eigenvalue weighted by Crippen LogP contribution is -2.61. The lowest BCUT2D eigenvalue weighted by molar-refractivity contribution is -0.198. The standard InChI is InChI=1S/C26H33F4N5O3S/c27-22-4-1-3-19(13-22)18-6-8-23(9-7-18)38-17-20-14-34(25-5-2-11-31-32-25)12-10-24(20)33-39(36,37)35-15-21(16-35)26(28,29)30/h1-5,11,13,18,20-21,23-24,33H,6-10,12,14-17H2/t18?,20-,23?,24-/m0/s1. The first-order valence-corrected chi connectivity index (χ1v) is 14.8. The Morgan fingerprint density at radius 1 is 1.03 bits per heavy atom. The van der Waals surface area contributed by atoms with Gasteiger partial charge in [-0.05, 0) is 67.9 Å². The minimum atomic E-state index is -4.40. The normalized spacial score (nSPS) is 27.3. The topological polar surface area (TPSA) is 87.7 Å². The summed E-state index contributed by atoms with van der Waals surface area (Å²) in [6, 6.07) is 9.82. The molecule has 2 aliphatic heterocycles. The maximum absolute atomic E-state index is 13.6. The first-order valence-electron chi connectivity index (χ1n) is 13.3. The number of rotatable bonds is 8. The summed E-state index contributed by atoms with van der Waals surface area (Å²) in [4.78, 5) is 2.02. The van der Waals surface area contributed by atoms with E-state index >= 15 is 0 Å². The lowest BCUT2D eigenvalue weighted by Gasteiger charge is -2.43. The number of piperidine rings is 1. The fourth-order valence-corrected chi connectivity index (χ4v) is 7.31. The van der Waals surface area contributed by atoms with Gasteiger partial charge >= 0.3 is 6.18 Å². The summed E-state index contributed by atoms with van der Waals surface area (Å²) in [5.74, 6) is -1.16. The Bertz CT molecular complexity index is 1210. The van der Waals surface area contributed by atoms with E-state index in [1.165, 1.54) is 6.07 Å². The van der Waals surface area contributed by atoms with Crippen molar-refractivity contribution >= 4 is 16.0 Å². The van der Waals surface area contributed by atoms with Crippen molar-refractivity contribution in [2.24, 2.45) is 11.8 Å². The molecule has 1 saturated carbocycles. The number of halogens is 4. The fraction of sp³-hybridized carbons (Fsp3) is 0.615. The summed E-state index contributed by atoms with van der Waals surface area (Å²) in [6.07, 6.45) is 0.986. The molecule has 1 aromatic heterocycles. The number of hydrogen-bond acceptors (Lipinski definition) is 6. The molecule has 39 heavy (non-hydrogen) atoms. The van der Waals surface area contributed by atoms with Gasteiger partial charge in [-0.1, -0.05) is 12.1 Å². The van der Waals surface area contributed by atoms with Crippen LogP contribution in [0.15, 0.2) is 42.6 Å². The van der Waals surface area contributed by atoms with E-state index in [1.54, 1.807) is 24.4 Å². The lowest BCUT2D eigenvalue weighted by atomic mass is 9.82. The van der Waals surface area contributed by atoms with E-state index in [0.29, 0.717) is 31.9 Å². The minimum absolute atomic E-state index is 0.00175. The quantitative estimate of drug-likeness (QED) is 0.484. The summed E-state index contributed by atoms with van der Waals surface area (Å²) in [6.45, 7) is 0.159. The van der Waals surface area contributed by atoms with Crippen LogP contribution >= 0.6 is 0 Å². The number of nitrogens with one attached hydrogen (secondary N) is 1. The number of alkyl halides is 3. The summed E-state index contributed by atoms with van der Waals surface area (Å²) in [5, 5.41) is 8.10. The third kappa shape index (κ3) is 6.87. The van der Waals surface area contributed by atoms with Crippen LogP contribution in [0, 0.1) is 17.7 Å². The Kier molecular flexibility index (Phi) is 8.41. The van der Waals surface area contributed by atoms with Crippen molar-refractivity contribution in [2.75, 3.05) is 37.7 Å². The molecular weight excluding hydrogens is 538 g/mol. The Balaban J connectivity index is 1.20. The van der Waals surface area contributed by atoms with Gasteiger partial charge in [-0.25, -0.2) is 4.39 Å². The molecule has 2 aromatic rings. The van der Waals surface area contributed by atoms with Crippen molar-refractivity contribution in [3.8, 4) is 0 Å². The van der Waals surface area contributed by atoms with Crippen molar-refractivity contribution in [1.29, 1.82) is 0 Å². The van der Waals surface area contributed by atoms with Crippen LogP contribution in [0.4, 0.5) is 23.4 Å². The van der Waals surface area contributed by atoms with Gasteiger partial charge in [0.25, 0.3) is 10.2 Å². The maximum Gasteiger partial charge on any atom is 0.394 e. The van der Waals surface area contributed by atoms with E-state index in [2.05, 4.69) is 14.9 Å². The summed E-state index contributed by atoms with van der Waals surface area (Å²) in [7, 11) is -4.07. The Morgan fingerprint density at radius 2 is 1.79 bits per heavy atom. The highest BCUT2D eigenvalue weighted by atomic mass is 32.2. The van der Waals surface area contributed by atoms with Crippen LogP contribution < -0.4 is 9.62 Å². The average molecular weight is 572 g/mol. The van der Waals surface area contributed by atoms with Gasteiger partial charge in [0.05, 0.1) is 18.6 Å². The molecule has 0 bridgehead atoms. The first kappa shape index (κ1) is 28.2. The molecule has 1 aliphatic carbocycles. The Morgan fingerprint density at radius 3 is 2.46 bits per heavy atom. The van der Waals surface area contributed by atoms with E-state index in [4.69, 9.17) is 4.74 Å². The molecular formula is C26H33F4N5O3S. The number of aromatic nitrogens is 2. The predicted molar refractivity (Wildman–Crippen MR) is 137 cm³/mol. The molecule has 3 aliphatic rings. The van der Waals surface area contributed by atoms with E-state index in [1.807, 2.05) is 17.0 Å². The van der Waals surface area contributed by atoms with Crippen LogP contribution in [-0.2, 0) is 14.9 Å². The third-order valence-corrected chi connectivity index (χ3v) is 9.69. The predicted octanol–water partition coefficient (Wildman–Crippen LogP) is 3.88. The fourth-order valence-electron chi connectivity index (χ4n) is 5.72. The van der Waals surface area contributed by atoms with E-state index in [9.17, 15) is 26.0 Å². The van der Waals surface area contributed by atoms with Gasteiger partial charge in [0.1, 0.15) is 5.82 Å². The van der Waals surface area contributed by atoms with Crippen molar-refractivity contribution < 1.29 is 30.7 Å². The largest absolute Gasteiger partial charge is 0.394 e. The van der Waals surface area contributed by atoms with Crippen molar-refractivity contribution in [3.05, 3.63) is 54.0 Å². The van der Waals surface area contributed by atoms with E-state index in [0.717, 1.165) is 35.6 Å². The number of ether oxygens (including phenoxy) is 1. The van der Waals surface area contributed by atoms with Gasteiger partial charge in [-0.15, -0.1) is 5.10 Å². The van der Waals surface area contributed by atoms with Crippen LogP contribution in [0.25, 0.3) is 0 Å². The Labute approximate surface area is 225 Å². The second kappa shape index (κ2) is 11.6. The second-order valence-corrected chi connectivity index (χ2v) is 12.4. The van der Waals surface area contributed by atoms with E-state index in [-0.39, 0.29) is 23.8 Å². The molecule has 13 heteroatoms. The van der Waals surface area contributed by atoms with Gasteiger partial charge in [0.2, 0.25) is 0 Å². The second-order valence-electron chi connectivity index (χ2n) is 10.7. The zero-order valence-electron chi connectivity index (χ0n) is 21.4. The molecule has 1 aromatic carbocycles. The van der Waals surface area contributed by atoms with Crippen molar-refractivity contribution in [2.45, 2.75) is 56.3 Å². The summed E-state index contributed by atoms with van der Waals surface area (Å²) < 4.78 is 88.0. The van der Waals surface area contributed by atoms with Gasteiger partial charge in [0, 0.05) is 44.3 Å². The zero-order chi connectivity index (χ0) is 27.6. The molecule has 1 N–H and O–H groups in total. The maximum atomic E-state index is 13.6. The van der Waals surface area contributed by atoms with E-state index < -0.39 is 41.4 Å². The Hall–Kier alpha value is -2.35. The SMILES string of the molecule is O=S(=O)(N[C@H]1CCN(c2cccnn2)C[C@H]1COC1CCC(c2cccc(F)c2)CC1)N1CC(C(F)(F)F)C1.